The molecule has 3 aromatic heterocycles. The SMILES string of the molecule is Cc1cc(-c2[nH]c3ccc(-c4ccc(NC(C)C)nc4)cc3c2C(C)C)ccn1. The summed E-state index contributed by atoms with van der Waals surface area (Å²) in [5.41, 5.74) is 8.21. The smallest absolute Gasteiger partial charge is 0.126 e. The zero-order valence-electron chi connectivity index (χ0n) is 17.7. The number of pyridine rings is 2. The zero-order valence-corrected chi connectivity index (χ0v) is 17.7. The van der Waals surface area contributed by atoms with Gasteiger partial charge in [0.05, 0.1) is 5.69 Å². The van der Waals surface area contributed by atoms with E-state index in [0.717, 1.165) is 22.6 Å². The highest BCUT2D eigenvalue weighted by molar-refractivity contribution is 5.94. The van der Waals surface area contributed by atoms with Crippen molar-refractivity contribution in [3.8, 4) is 22.4 Å². The maximum atomic E-state index is 4.57. The molecule has 0 unspecified atom stereocenters. The molecule has 0 saturated heterocycles. The van der Waals surface area contributed by atoms with Crippen LogP contribution in [0, 0.1) is 6.92 Å². The number of aromatic amines is 1. The molecule has 4 aromatic rings. The van der Waals surface area contributed by atoms with E-state index in [1.165, 1.54) is 27.8 Å². The fraction of sp³-hybridized carbons (Fsp3) is 0.280. The van der Waals surface area contributed by atoms with Gasteiger partial charge >= 0.3 is 0 Å². The third-order valence-corrected chi connectivity index (χ3v) is 5.13. The Kier molecular flexibility index (Phi) is 5.10. The van der Waals surface area contributed by atoms with E-state index in [1.54, 1.807) is 0 Å². The molecular weight excluding hydrogens is 356 g/mol. The fourth-order valence-corrected chi connectivity index (χ4v) is 3.87. The summed E-state index contributed by atoms with van der Waals surface area (Å²) in [5.74, 6) is 1.31. The third-order valence-electron chi connectivity index (χ3n) is 5.13. The molecule has 0 fully saturated rings. The number of nitrogens with one attached hydrogen (secondary N) is 2. The van der Waals surface area contributed by atoms with E-state index < -0.39 is 0 Å². The lowest BCUT2D eigenvalue weighted by Gasteiger charge is -2.11. The van der Waals surface area contributed by atoms with Crippen molar-refractivity contribution < 1.29 is 0 Å². The van der Waals surface area contributed by atoms with Crippen LogP contribution in [0.5, 0.6) is 0 Å². The molecule has 148 valence electrons. The van der Waals surface area contributed by atoms with Gasteiger partial charge in [0.1, 0.15) is 5.82 Å². The first-order valence-electron chi connectivity index (χ1n) is 10.2. The topological polar surface area (TPSA) is 53.6 Å². The first-order chi connectivity index (χ1) is 13.9. The largest absolute Gasteiger partial charge is 0.368 e. The third kappa shape index (κ3) is 3.88. The Bertz CT molecular complexity index is 1140. The fourth-order valence-electron chi connectivity index (χ4n) is 3.87. The highest BCUT2D eigenvalue weighted by Gasteiger charge is 2.17. The molecule has 0 aliphatic rings. The zero-order chi connectivity index (χ0) is 20.5. The van der Waals surface area contributed by atoms with Gasteiger partial charge in [-0.25, -0.2) is 4.98 Å². The number of nitrogens with zero attached hydrogens (tertiary/aromatic N) is 2. The summed E-state index contributed by atoms with van der Waals surface area (Å²) >= 11 is 0. The Morgan fingerprint density at radius 2 is 1.66 bits per heavy atom. The second kappa shape index (κ2) is 7.70. The molecule has 4 heteroatoms. The number of fused-ring (bicyclic) bond motifs is 1. The van der Waals surface area contributed by atoms with Gasteiger partial charge in [0.25, 0.3) is 0 Å². The van der Waals surface area contributed by atoms with E-state index in [2.05, 4.69) is 84.4 Å². The van der Waals surface area contributed by atoms with Crippen LogP contribution >= 0.6 is 0 Å². The van der Waals surface area contributed by atoms with Crippen LogP contribution in [0.15, 0.2) is 54.9 Å². The highest BCUT2D eigenvalue weighted by Crippen LogP contribution is 2.37. The predicted molar refractivity (Wildman–Crippen MR) is 122 cm³/mol. The molecule has 2 N–H and O–H groups in total. The van der Waals surface area contributed by atoms with Gasteiger partial charge in [-0.3, -0.25) is 4.98 Å². The van der Waals surface area contributed by atoms with Crippen molar-refractivity contribution >= 4 is 16.7 Å². The van der Waals surface area contributed by atoms with Crippen LogP contribution in [-0.2, 0) is 0 Å². The molecule has 0 atom stereocenters. The van der Waals surface area contributed by atoms with Crippen LogP contribution in [0.1, 0.15) is 44.9 Å². The summed E-state index contributed by atoms with van der Waals surface area (Å²) in [5, 5.41) is 4.61. The van der Waals surface area contributed by atoms with Crippen LogP contribution < -0.4 is 5.32 Å². The Hall–Kier alpha value is -3.14. The normalized spacial score (nSPS) is 11.6. The second-order valence-corrected chi connectivity index (χ2v) is 8.25. The number of anilines is 1. The number of benzene rings is 1. The molecule has 0 aliphatic carbocycles. The standard InChI is InChI=1S/C25H28N4/c1-15(2)24-21-13-18(20-7-9-23(27-14-20)28-16(3)4)6-8-22(21)29-25(24)19-10-11-26-17(5)12-19/h6-16,29H,1-5H3,(H,27,28). The Balaban J connectivity index is 1.80. The number of H-pyrrole nitrogens is 1. The second-order valence-electron chi connectivity index (χ2n) is 8.25. The number of aryl methyl sites for hydroxylation is 1. The van der Waals surface area contributed by atoms with Crippen molar-refractivity contribution in [1.29, 1.82) is 0 Å². The van der Waals surface area contributed by atoms with Crippen molar-refractivity contribution in [1.82, 2.24) is 15.0 Å². The molecule has 4 rings (SSSR count). The molecule has 4 nitrogen and oxygen atoms in total. The van der Waals surface area contributed by atoms with Gasteiger partial charge in [-0.05, 0) is 74.2 Å². The molecule has 3 heterocycles. The number of aromatic nitrogens is 3. The maximum Gasteiger partial charge on any atom is 0.126 e. The monoisotopic (exact) mass is 384 g/mol. The average Bonchev–Trinajstić information content (AvgIpc) is 3.07. The predicted octanol–water partition coefficient (Wildman–Crippen LogP) is 6.54. The van der Waals surface area contributed by atoms with Crippen molar-refractivity contribution in [2.24, 2.45) is 0 Å². The molecule has 0 aliphatic heterocycles. The van der Waals surface area contributed by atoms with Crippen LogP contribution in [-0.4, -0.2) is 21.0 Å². The lowest BCUT2D eigenvalue weighted by atomic mass is 9.94. The quantitative estimate of drug-likeness (QED) is 0.410. The summed E-state index contributed by atoms with van der Waals surface area (Å²) in [4.78, 5) is 12.6. The van der Waals surface area contributed by atoms with Gasteiger partial charge in [0.2, 0.25) is 0 Å². The van der Waals surface area contributed by atoms with E-state index in [9.17, 15) is 0 Å². The molecular formula is C25H28N4. The molecule has 0 bridgehead atoms. The van der Waals surface area contributed by atoms with E-state index in [-0.39, 0.29) is 0 Å². The summed E-state index contributed by atoms with van der Waals surface area (Å²) in [6.07, 6.45) is 3.82. The number of hydrogen-bond acceptors (Lipinski definition) is 3. The van der Waals surface area contributed by atoms with Crippen molar-refractivity contribution in [3.63, 3.8) is 0 Å². The van der Waals surface area contributed by atoms with Gasteiger partial charge in [-0.1, -0.05) is 19.9 Å². The summed E-state index contributed by atoms with van der Waals surface area (Å²) in [7, 11) is 0. The first kappa shape index (κ1) is 19.2. The van der Waals surface area contributed by atoms with Gasteiger partial charge < -0.3 is 10.3 Å². The Labute approximate surface area is 172 Å². The molecule has 1 aromatic carbocycles. The molecule has 0 radical (unpaired) electrons. The average molecular weight is 385 g/mol. The Morgan fingerprint density at radius 1 is 0.862 bits per heavy atom. The maximum absolute atomic E-state index is 4.57. The Morgan fingerprint density at radius 3 is 2.31 bits per heavy atom. The first-order valence-corrected chi connectivity index (χ1v) is 10.2. The molecule has 0 spiro atoms. The summed E-state index contributed by atoms with van der Waals surface area (Å²) < 4.78 is 0. The van der Waals surface area contributed by atoms with Gasteiger partial charge in [0.15, 0.2) is 0 Å². The minimum absolute atomic E-state index is 0.369. The minimum atomic E-state index is 0.369. The van der Waals surface area contributed by atoms with E-state index >= 15 is 0 Å². The molecule has 0 amide bonds. The van der Waals surface area contributed by atoms with E-state index in [1.807, 2.05) is 25.4 Å². The summed E-state index contributed by atoms with van der Waals surface area (Å²) in [6, 6.07) is 15.4. The van der Waals surface area contributed by atoms with Crippen LogP contribution in [0.4, 0.5) is 5.82 Å². The van der Waals surface area contributed by atoms with Crippen molar-refractivity contribution in [2.75, 3.05) is 5.32 Å². The minimum Gasteiger partial charge on any atom is -0.368 e. The van der Waals surface area contributed by atoms with E-state index in [4.69, 9.17) is 0 Å². The number of hydrogen-bond donors (Lipinski definition) is 2. The lowest BCUT2D eigenvalue weighted by molar-refractivity contribution is 0.878. The van der Waals surface area contributed by atoms with Crippen LogP contribution in [0.25, 0.3) is 33.3 Å². The van der Waals surface area contributed by atoms with E-state index in [0.29, 0.717) is 12.0 Å². The van der Waals surface area contributed by atoms with Crippen LogP contribution in [0.3, 0.4) is 0 Å². The van der Waals surface area contributed by atoms with Gasteiger partial charge in [-0.15, -0.1) is 0 Å². The van der Waals surface area contributed by atoms with Crippen molar-refractivity contribution in [2.45, 2.75) is 46.6 Å². The van der Waals surface area contributed by atoms with Gasteiger partial charge in [-0.2, -0.15) is 0 Å². The summed E-state index contributed by atoms with van der Waals surface area (Å²) in [6.45, 7) is 10.8. The van der Waals surface area contributed by atoms with Crippen molar-refractivity contribution in [3.05, 3.63) is 66.1 Å². The highest BCUT2D eigenvalue weighted by atomic mass is 15.0. The van der Waals surface area contributed by atoms with Gasteiger partial charge in [0, 0.05) is 46.2 Å². The number of rotatable bonds is 5. The molecule has 29 heavy (non-hydrogen) atoms. The molecule has 0 saturated carbocycles. The lowest BCUT2D eigenvalue weighted by Crippen LogP contribution is -2.10. The van der Waals surface area contributed by atoms with Crippen LogP contribution in [0.2, 0.25) is 0 Å².